The van der Waals surface area contributed by atoms with Gasteiger partial charge in [0.2, 0.25) is 0 Å². The lowest BCUT2D eigenvalue weighted by molar-refractivity contribution is 0.0731. The number of aromatic hydroxyl groups is 1. The number of amides is 1. The van der Waals surface area contributed by atoms with Crippen LogP contribution in [0.15, 0.2) is 23.4 Å². The predicted octanol–water partition coefficient (Wildman–Crippen LogP) is 2.01. The molecule has 0 saturated carbocycles. The minimum Gasteiger partial charge on any atom is -0.507 e. The third-order valence-corrected chi connectivity index (χ3v) is 3.50. The number of benzene rings is 1. The highest BCUT2D eigenvalue weighted by Crippen LogP contribution is 2.23. The van der Waals surface area contributed by atoms with Gasteiger partial charge in [-0.2, -0.15) is 0 Å². The van der Waals surface area contributed by atoms with Gasteiger partial charge in [-0.15, -0.1) is 0 Å². The van der Waals surface area contributed by atoms with Gasteiger partial charge in [-0.1, -0.05) is 23.7 Å². The number of phenolic OH excluding ortho intramolecular Hbond substituents is 1. The van der Waals surface area contributed by atoms with Crippen LogP contribution in [0.5, 0.6) is 5.75 Å². The van der Waals surface area contributed by atoms with Crippen molar-refractivity contribution in [1.82, 2.24) is 4.90 Å². The Kier molecular flexibility index (Phi) is 3.74. The lowest BCUT2D eigenvalue weighted by Crippen LogP contribution is -2.43. The van der Waals surface area contributed by atoms with Crippen LogP contribution in [0.1, 0.15) is 29.3 Å². The summed E-state index contributed by atoms with van der Waals surface area (Å²) in [5.41, 5.74) is 1.98. The third kappa shape index (κ3) is 2.70. The first-order valence-electron chi connectivity index (χ1n) is 6.32. The van der Waals surface area contributed by atoms with Crippen molar-refractivity contribution < 1.29 is 15.1 Å². The van der Waals surface area contributed by atoms with Crippen LogP contribution in [-0.4, -0.2) is 39.9 Å². The molecule has 5 heteroatoms. The van der Waals surface area contributed by atoms with E-state index in [0.29, 0.717) is 25.1 Å². The summed E-state index contributed by atoms with van der Waals surface area (Å²) in [6, 6.07) is 5.00. The molecule has 1 aliphatic heterocycles. The molecule has 1 heterocycles. The maximum atomic E-state index is 12.4. The number of hydrogen-bond donors (Lipinski definition) is 2. The summed E-state index contributed by atoms with van der Waals surface area (Å²) in [7, 11) is 0. The Morgan fingerprint density at radius 3 is 2.84 bits per heavy atom. The topological polar surface area (TPSA) is 73.1 Å². The van der Waals surface area contributed by atoms with Gasteiger partial charge in [0.05, 0.1) is 11.3 Å². The molecule has 102 valence electrons. The average molecular weight is 262 g/mol. The highest BCUT2D eigenvalue weighted by Gasteiger charge is 2.27. The maximum absolute atomic E-state index is 12.4. The second kappa shape index (κ2) is 5.30. The number of likely N-dealkylation sites (tertiary alicyclic amines) is 1. The molecule has 1 aromatic carbocycles. The number of aryl methyl sites for hydroxylation is 1. The Labute approximate surface area is 112 Å². The van der Waals surface area contributed by atoms with Crippen LogP contribution < -0.4 is 0 Å². The number of phenols is 1. The highest BCUT2D eigenvalue weighted by atomic mass is 16.4. The summed E-state index contributed by atoms with van der Waals surface area (Å²) >= 11 is 0. The van der Waals surface area contributed by atoms with Gasteiger partial charge in [-0.3, -0.25) is 4.79 Å². The molecule has 0 radical (unpaired) electrons. The van der Waals surface area contributed by atoms with Crippen molar-refractivity contribution in [3.8, 4) is 5.75 Å². The molecule has 2 rings (SSSR count). The van der Waals surface area contributed by atoms with Crippen LogP contribution in [0.3, 0.4) is 0 Å². The van der Waals surface area contributed by atoms with E-state index in [-0.39, 0.29) is 17.6 Å². The van der Waals surface area contributed by atoms with Crippen LogP contribution in [0.4, 0.5) is 0 Å². The molecular formula is C14H18N2O3. The standard InChI is InChI=1S/C14H18N2O3/c1-9-3-4-13(17)11(7-9)14(18)16-6-5-12(15-19)10(2)8-16/h3-4,7,10,17,19H,5-6,8H2,1-2H3/b15-12+. The van der Waals surface area contributed by atoms with Gasteiger partial charge in [0, 0.05) is 25.4 Å². The van der Waals surface area contributed by atoms with Crippen LogP contribution in [0, 0.1) is 12.8 Å². The zero-order valence-electron chi connectivity index (χ0n) is 11.1. The molecule has 0 aliphatic carbocycles. The van der Waals surface area contributed by atoms with Crippen LogP contribution >= 0.6 is 0 Å². The molecule has 1 aliphatic rings. The molecule has 1 unspecified atom stereocenters. The molecule has 5 nitrogen and oxygen atoms in total. The number of nitrogens with zero attached hydrogens (tertiary/aromatic N) is 2. The monoisotopic (exact) mass is 262 g/mol. The Bertz CT molecular complexity index is 525. The molecule has 1 aromatic rings. The number of oxime groups is 1. The molecule has 1 saturated heterocycles. The molecule has 19 heavy (non-hydrogen) atoms. The summed E-state index contributed by atoms with van der Waals surface area (Å²) in [6.07, 6.45) is 0.565. The number of hydrogen-bond acceptors (Lipinski definition) is 4. The van der Waals surface area contributed by atoms with E-state index in [1.165, 1.54) is 6.07 Å². The van der Waals surface area contributed by atoms with Gasteiger partial charge in [-0.05, 0) is 19.1 Å². The van der Waals surface area contributed by atoms with Crippen molar-refractivity contribution >= 4 is 11.6 Å². The highest BCUT2D eigenvalue weighted by molar-refractivity contribution is 5.98. The Hall–Kier alpha value is -2.04. The third-order valence-electron chi connectivity index (χ3n) is 3.50. The van der Waals surface area contributed by atoms with Gasteiger partial charge in [0.1, 0.15) is 5.75 Å². The molecule has 0 bridgehead atoms. The SMILES string of the molecule is Cc1ccc(O)c(C(=O)N2CC/C(=N\O)C(C)C2)c1. The van der Waals surface area contributed by atoms with E-state index < -0.39 is 0 Å². The summed E-state index contributed by atoms with van der Waals surface area (Å²) < 4.78 is 0. The predicted molar refractivity (Wildman–Crippen MR) is 71.7 cm³/mol. The van der Waals surface area contributed by atoms with E-state index in [4.69, 9.17) is 5.21 Å². The normalized spacial score (nSPS) is 21.7. The fourth-order valence-corrected chi connectivity index (χ4v) is 2.35. The molecule has 1 atom stereocenters. The second-order valence-electron chi connectivity index (χ2n) is 5.01. The van der Waals surface area contributed by atoms with Gasteiger partial charge in [-0.25, -0.2) is 0 Å². The molecule has 0 spiro atoms. The number of carbonyl (C=O) groups is 1. The quantitative estimate of drug-likeness (QED) is 0.600. The van der Waals surface area contributed by atoms with Crippen molar-refractivity contribution in [3.05, 3.63) is 29.3 Å². The molecule has 1 fully saturated rings. The zero-order chi connectivity index (χ0) is 14.0. The minimum atomic E-state index is -0.176. The summed E-state index contributed by atoms with van der Waals surface area (Å²) in [4.78, 5) is 14.1. The largest absolute Gasteiger partial charge is 0.507 e. The fraction of sp³-hybridized carbons (Fsp3) is 0.429. The summed E-state index contributed by atoms with van der Waals surface area (Å²) in [5, 5.41) is 21.9. The van der Waals surface area contributed by atoms with E-state index in [9.17, 15) is 9.90 Å². The molecule has 1 amide bonds. The maximum Gasteiger partial charge on any atom is 0.257 e. The fourth-order valence-electron chi connectivity index (χ4n) is 2.35. The van der Waals surface area contributed by atoms with E-state index in [1.54, 1.807) is 17.0 Å². The Morgan fingerprint density at radius 2 is 2.21 bits per heavy atom. The first-order valence-corrected chi connectivity index (χ1v) is 6.32. The lowest BCUT2D eigenvalue weighted by atomic mass is 9.96. The number of carbonyl (C=O) groups excluding carboxylic acids is 1. The van der Waals surface area contributed by atoms with Crippen molar-refractivity contribution in [2.45, 2.75) is 20.3 Å². The lowest BCUT2D eigenvalue weighted by Gasteiger charge is -2.31. The van der Waals surface area contributed by atoms with Crippen LogP contribution in [-0.2, 0) is 0 Å². The van der Waals surface area contributed by atoms with Gasteiger partial charge >= 0.3 is 0 Å². The van der Waals surface area contributed by atoms with E-state index in [0.717, 1.165) is 11.3 Å². The molecular weight excluding hydrogens is 244 g/mol. The smallest absolute Gasteiger partial charge is 0.257 e. The van der Waals surface area contributed by atoms with Crippen molar-refractivity contribution in [3.63, 3.8) is 0 Å². The first-order chi connectivity index (χ1) is 9.02. The average Bonchev–Trinajstić information content (AvgIpc) is 2.40. The summed E-state index contributed by atoms with van der Waals surface area (Å²) in [6.45, 7) is 4.82. The van der Waals surface area contributed by atoms with Crippen LogP contribution in [0.25, 0.3) is 0 Å². The van der Waals surface area contributed by atoms with E-state index >= 15 is 0 Å². The Morgan fingerprint density at radius 1 is 1.47 bits per heavy atom. The Balaban J connectivity index is 2.19. The first kappa shape index (κ1) is 13.4. The van der Waals surface area contributed by atoms with E-state index in [2.05, 4.69) is 5.16 Å². The minimum absolute atomic E-state index is 0.00451. The number of piperidine rings is 1. The van der Waals surface area contributed by atoms with Crippen LogP contribution in [0.2, 0.25) is 0 Å². The van der Waals surface area contributed by atoms with Crippen molar-refractivity contribution in [1.29, 1.82) is 0 Å². The number of rotatable bonds is 1. The van der Waals surface area contributed by atoms with Crippen molar-refractivity contribution in [2.75, 3.05) is 13.1 Å². The van der Waals surface area contributed by atoms with Crippen molar-refractivity contribution in [2.24, 2.45) is 11.1 Å². The van der Waals surface area contributed by atoms with E-state index in [1.807, 2.05) is 13.8 Å². The van der Waals surface area contributed by atoms with Gasteiger partial charge in [0.15, 0.2) is 0 Å². The van der Waals surface area contributed by atoms with Gasteiger partial charge in [0.25, 0.3) is 5.91 Å². The second-order valence-corrected chi connectivity index (χ2v) is 5.01. The zero-order valence-corrected chi connectivity index (χ0v) is 11.1. The molecule has 0 aromatic heterocycles. The molecule has 2 N–H and O–H groups in total. The van der Waals surface area contributed by atoms with Gasteiger partial charge < -0.3 is 15.2 Å². The summed E-state index contributed by atoms with van der Waals surface area (Å²) in [5.74, 6) is -0.135.